The highest BCUT2D eigenvalue weighted by atomic mass is 32.2. The second-order valence-corrected chi connectivity index (χ2v) is 9.06. The van der Waals surface area contributed by atoms with Crippen LogP contribution in [0.25, 0.3) is 11.2 Å². The summed E-state index contributed by atoms with van der Waals surface area (Å²) in [5.74, 6) is 2.02. The van der Waals surface area contributed by atoms with Gasteiger partial charge < -0.3 is 15.4 Å². The predicted octanol–water partition coefficient (Wildman–Crippen LogP) is 4.51. The molecule has 2 N–H and O–H groups in total. The summed E-state index contributed by atoms with van der Waals surface area (Å²) in [5, 5.41) is 6.49. The molecule has 31 heavy (non-hydrogen) atoms. The lowest BCUT2D eigenvalue weighted by molar-refractivity contribution is 0.0710. The fourth-order valence-corrected chi connectivity index (χ4v) is 5.18. The third-order valence-corrected chi connectivity index (χ3v) is 6.77. The van der Waals surface area contributed by atoms with E-state index >= 15 is 0 Å². The minimum atomic E-state index is -0.672. The van der Waals surface area contributed by atoms with Gasteiger partial charge in [0.2, 0.25) is 11.9 Å². The largest absolute Gasteiger partial charge is 0.381 e. The molecule has 0 atom stereocenters. The van der Waals surface area contributed by atoms with Gasteiger partial charge in [-0.25, -0.2) is 18.7 Å². The zero-order valence-corrected chi connectivity index (χ0v) is 17.8. The van der Waals surface area contributed by atoms with Gasteiger partial charge in [-0.15, -0.1) is 0 Å². The number of hydrogen-bond acceptors (Lipinski definition) is 7. The van der Waals surface area contributed by atoms with Crippen molar-refractivity contribution in [1.29, 1.82) is 0 Å². The lowest BCUT2D eigenvalue weighted by Crippen LogP contribution is -2.25. The first-order valence-corrected chi connectivity index (χ1v) is 11.7. The van der Waals surface area contributed by atoms with E-state index in [2.05, 4.69) is 20.6 Å². The van der Waals surface area contributed by atoms with Gasteiger partial charge in [-0.3, -0.25) is 4.57 Å². The third kappa shape index (κ3) is 4.45. The van der Waals surface area contributed by atoms with E-state index in [1.165, 1.54) is 12.1 Å². The van der Waals surface area contributed by atoms with Gasteiger partial charge in [-0.1, -0.05) is 0 Å². The van der Waals surface area contributed by atoms with Crippen LogP contribution in [0.4, 0.5) is 26.4 Å². The molecule has 0 spiro atoms. The van der Waals surface area contributed by atoms with Gasteiger partial charge in [0.25, 0.3) is 0 Å². The second kappa shape index (κ2) is 8.96. The van der Waals surface area contributed by atoms with Crippen LogP contribution in [0.5, 0.6) is 0 Å². The number of hydrogen-bond donors (Lipinski definition) is 2. The Kier molecular flexibility index (Phi) is 5.91. The number of nitrogens with zero attached hydrogens (tertiary/aromatic N) is 4. The van der Waals surface area contributed by atoms with E-state index in [1.807, 2.05) is 16.3 Å². The van der Waals surface area contributed by atoms with Crippen LogP contribution in [-0.2, 0) is 4.74 Å². The Bertz CT molecular complexity index is 1070. The summed E-state index contributed by atoms with van der Waals surface area (Å²) < 4.78 is 35.1. The Labute approximate surface area is 183 Å². The fourth-order valence-electron chi connectivity index (χ4n) is 4.07. The molecule has 0 bridgehead atoms. The number of ether oxygens (including phenoxy) is 1. The van der Waals surface area contributed by atoms with E-state index in [0.717, 1.165) is 43.3 Å². The minimum Gasteiger partial charge on any atom is -0.381 e. The molecule has 0 saturated carbocycles. The average molecular weight is 447 g/mol. The second-order valence-electron chi connectivity index (χ2n) is 7.83. The number of nitrogens with one attached hydrogen (secondary N) is 2. The molecule has 0 radical (unpaired) electrons. The number of aromatic nitrogens is 4. The Morgan fingerprint density at radius 1 is 1.06 bits per heavy atom. The number of benzene rings is 1. The summed E-state index contributed by atoms with van der Waals surface area (Å²) in [5.41, 5.74) is 1.48. The highest BCUT2D eigenvalue weighted by Gasteiger charge is 2.24. The molecule has 5 rings (SSSR count). The van der Waals surface area contributed by atoms with Crippen LogP contribution in [0.1, 0.15) is 31.7 Å². The van der Waals surface area contributed by atoms with Crippen molar-refractivity contribution in [2.45, 2.75) is 37.8 Å². The van der Waals surface area contributed by atoms with E-state index in [4.69, 9.17) is 9.72 Å². The summed E-state index contributed by atoms with van der Waals surface area (Å²) in [6, 6.07) is 3.92. The van der Waals surface area contributed by atoms with Crippen LogP contribution < -0.4 is 10.6 Å². The molecule has 2 aliphatic heterocycles. The van der Waals surface area contributed by atoms with Crippen molar-refractivity contribution < 1.29 is 13.5 Å². The normalized spacial score (nSPS) is 18.4. The molecule has 2 saturated heterocycles. The molecule has 3 aromatic rings. The van der Waals surface area contributed by atoms with Crippen molar-refractivity contribution in [2.24, 2.45) is 0 Å². The summed E-state index contributed by atoms with van der Waals surface area (Å²) in [6.07, 6.45) is 5.48. The smallest absolute Gasteiger partial charge is 0.224 e. The highest BCUT2D eigenvalue weighted by molar-refractivity contribution is 7.99. The topological polar surface area (TPSA) is 76.9 Å². The van der Waals surface area contributed by atoms with Crippen LogP contribution in [-0.4, -0.2) is 50.3 Å². The molecule has 164 valence electrons. The molecule has 1 aromatic carbocycles. The maximum Gasteiger partial charge on any atom is 0.224 e. The predicted molar refractivity (Wildman–Crippen MR) is 118 cm³/mol. The molecule has 2 aliphatic rings. The molecule has 10 heteroatoms. The van der Waals surface area contributed by atoms with Gasteiger partial charge in [0.15, 0.2) is 5.65 Å². The van der Waals surface area contributed by atoms with Crippen molar-refractivity contribution in [2.75, 3.05) is 35.4 Å². The summed E-state index contributed by atoms with van der Waals surface area (Å²) in [4.78, 5) is 13.9. The zero-order chi connectivity index (χ0) is 21.2. The molecular formula is C21H24F2N6OS. The Hall–Kier alpha value is -2.46. The van der Waals surface area contributed by atoms with Gasteiger partial charge in [0.05, 0.1) is 11.9 Å². The Morgan fingerprint density at radius 2 is 1.87 bits per heavy atom. The minimum absolute atomic E-state index is 0.110. The number of rotatable bonds is 5. The average Bonchev–Trinajstić information content (AvgIpc) is 3.14. The summed E-state index contributed by atoms with van der Waals surface area (Å²) in [7, 11) is 0. The van der Waals surface area contributed by atoms with Crippen LogP contribution in [0.3, 0.4) is 0 Å². The molecule has 0 aliphatic carbocycles. The van der Waals surface area contributed by atoms with Crippen molar-refractivity contribution in [3.8, 4) is 0 Å². The van der Waals surface area contributed by atoms with E-state index in [9.17, 15) is 8.78 Å². The number of fused-ring (bicyclic) bond motifs is 1. The first kappa shape index (κ1) is 20.4. The molecule has 2 fully saturated rings. The molecule has 4 heterocycles. The fraction of sp³-hybridized carbons (Fsp3) is 0.476. The standard InChI is InChI=1S/C21H24F2N6OS/c22-13-1-2-17(16(23)11-13)26-21-27-18-12-24-20(25-14-5-9-31-10-6-14)28-19(18)29(21)15-3-7-30-8-4-15/h1-2,11-12,14-15H,3-10H2,(H,26,27)(H,24,25,28). The maximum atomic E-state index is 14.3. The van der Waals surface area contributed by atoms with E-state index < -0.39 is 11.6 Å². The molecule has 2 aromatic heterocycles. The van der Waals surface area contributed by atoms with E-state index in [0.29, 0.717) is 42.3 Å². The van der Waals surface area contributed by atoms with Crippen molar-refractivity contribution in [1.82, 2.24) is 19.5 Å². The summed E-state index contributed by atoms with van der Waals surface area (Å²) in [6.45, 7) is 1.29. The third-order valence-electron chi connectivity index (χ3n) is 5.72. The van der Waals surface area contributed by atoms with Gasteiger partial charge in [0.1, 0.15) is 17.2 Å². The first-order valence-electron chi connectivity index (χ1n) is 10.6. The number of thioether (sulfide) groups is 1. The van der Waals surface area contributed by atoms with Crippen LogP contribution >= 0.6 is 11.8 Å². The Morgan fingerprint density at radius 3 is 2.65 bits per heavy atom. The van der Waals surface area contributed by atoms with Gasteiger partial charge >= 0.3 is 0 Å². The molecule has 0 unspecified atom stereocenters. The monoisotopic (exact) mass is 446 g/mol. The maximum absolute atomic E-state index is 14.3. The Balaban J connectivity index is 1.52. The van der Waals surface area contributed by atoms with E-state index in [1.54, 1.807) is 6.20 Å². The lowest BCUT2D eigenvalue weighted by atomic mass is 10.1. The van der Waals surface area contributed by atoms with Crippen molar-refractivity contribution >= 4 is 40.5 Å². The van der Waals surface area contributed by atoms with Gasteiger partial charge in [-0.05, 0) is 49.3 Å². The lowest BCUT2D eigenvalue weighted by Gasteiger charge is -2.26. The van der Waals surface area contributed by atoms with Crippen molar-refractivity contribution in [3.63, 3.8) is 0 Å². The van der Waals surface area contributed by atoms with Crippen LogP contribution in [0.15, 0.2) is 24.4 Å². The highest BCUT2D eigenvalue weighted by Crippen LogP contribution is 2.32. The zero-order valence-electron chi connectivity index (χ0n) is 17.0. The quantitative estimate of drug-likeness (QED) is 0.597. The van der Waals surface area contributed by atoms with Crippen LogP contribution in [0, 0.1) is 11.6 Å². The van der Waals surface area contributed by atoms with Crippen molar-refractivity contribution in [3.05, 3.63) is 36.0 Å². The van der Waals surface area contributed by atoms with Gasteiger partial charge in [-0.2, -0.15) is 16.7 Å². The first-order chi connectivity index (χ1) is 15.2. The number of anilines is 3. The molecule has 0 amide bonds. The number of halogens is 2. The summed E-state index contributed by atoms with van der Waals surface area (Å²) >= 11 is 1.97. The molecular weight excluding hydrogens is 422 g/mol. The van der Waals surface area contributed by atoms with Crippen LogP contribution in [0.2, 0.25) is 0 Å². The van der Waals surface area contributed by atoms with Gasteiger partial charge in [0, 0.05) is 31.4 Å². The van der Waals surface area contributed by atoms with E-state index in [-0.39, 0.29) is 11.7 Å². The SMILES string of the molecule is Fc1ccc(Nc2nc3cnc(NC4CCSCC4)nc3n2C2CCOCC2)c(F)c1. The number of imidazole rings is 1. The molecule has 7 nitrogen and oxygen atoms in total.